The second-order valence-electron chi connectivity index (χ2n) is 6.50. The maximum atomic E-state index is 10.6. The molecular formula is C11H24N2O8S2. The zero-order valence-corrected chi connectivity index (χ0v) is 14.9. The van der Waals surface area contributed by atoms with Crippen LogP contribution < -0.4 is 10.4 Å². The third-order valence-electron chi connectivity index (χ3n) is 2.93. The molecule has 1 saturated heterocycles. The Bertz CT molecular complexity index is 554. The third kappa shape index (κ3) is 13.4. The van der Waals surface area contributed by atoms with Gasteiger partial charge in [-0.15, -0.1) is 0 Å². The molecule has 0 aliphatic carbocycles. The SMILES string of the molecule is C[N+](C)(C)CC(=O)[O-].O=S(=O)(O)CC1CNCC1CS(=O)(=O)O. The van der Waals surface area contributed by atoms with Crippen LogP contribution in [0.15, 0.2) is 0 Å². The molecule has 138 valence electrons. The van der Waals surface area contributed by atoms with Crippen molar-refractivity contribution in [2.75, 3.05) is 52.3 Å². The van der Waals surface area contributed by atoms with Crippen molar-refractivity contribution in [2.24, 2.45) is 11.8 Å². The normalized spacial score (nSPS) is 22.3. The molecule has 0 saturated carbocycles. The number of hydrogen-bond acceptors (Lipinski definition) is 7. The van der Waals surface area contributed by atoms with E-state index in [9.17, 15) is 26.7 Å². The summed E-state index contributed by atoms with van der Waals surface area (Å²) in [5, 5.41) is 12.7. The molecule has 1 aliphatic rings. The largest absolute Gasteiger partial charge is 0.544 e. The van der Waals surface area contributed by atoms with Gasteiger partial charge >= 0.3 is 0 Å². The smallest absolute Gasteiger partial charge is 0.265 e. The number of nitrogens with one attached hydrogen (secondary N) is 1. The minimum atomic E-state index is -4.11. The topological polar surface area (TPSA) is 161 Å². The highest BCUT2D eigenvalue weighted by Crippen LogP contribution is 2.19. The average molecular weight is 376 g/mol. The maximum Gasteiger partial charge on any atom is 0.265 e. The zero-order valence-electron chi connectivity index (χ0n) is 13.3. The summed E-state index contributed by atoms with van der Waals surface area (Å²) in [6.45, 7) is 0.708. The number of hydrogen-bond donors (Lipinski definition) is 3. The number of carboxylic acid groups (broad SMARTS) is 1. The molecule has 10 nitrogen and oxygen atoms in total. The standard InChI is InChI=1S/C6H13NO6S2.C5H11NO2/c8-14(9,10)3-5-1-7-2-6(5)4-15(11,12)13;1-6(2,3)4-5(7)8/h5-7H,1-4H2,(H,8,9,10)(H,11,12,13);4H2,1-3H3. The van der Waals surface area contributed by atoms with Crippen LogP contribution in [0.4, 0.5) is 0 Å². The first-order valence-electron chi connectivity index (χ1n) is 6.70. The first-order valence-corrected chi connectivity index (χ1v) is 9.92. The van der Waals surface area contributed by atoms with E-state index in [1.165, 1.54) is 0 Å². The Morgan fingerprint density at radius 2 is 1.39 bits per heavy atom. The van der Waals surface area contributed by atoms with Gasteiger partial charge in [-0.25, -0.2) is 0 Å². The summed E-state index contributed by atoms with van der Waals surface area (Å²) < 4.78 is 60.1. The van der Waals surface area contributed by atoms with Crippen molar-refractivity contribution in [1.29, 1.82) is 0 Å². The summed E-state index contributed by atoms with van der Waals surface area (Å²) in [5.41, 5.74) is 0. The highest BCUT2D eigenvalue weighted by molar-refractivity contribution is 7.86. The van der Waals surface area contributed by atoms with E-state index in [1.807, 2.05) is 0 Å². The first kappa shape index (κ1) is 22.2. The van der Waals surface area contributed by atoms with Crippen LogP contribution in [0.5, 0.6) is 0 Å². The van der Waals surface area contributed by atoms with Gasteiger partial charge in [0.1, 0.15) is 6.54 Å². The summed E-state index contributed by atoms with van der Waals surface area (Å²) in [5.74, 6) is -2.94. The first-order chi connectivity index (χ1) is 10.1. The zero-order chi connectivity index (χ0) is 18.5. The van der Waals surface area contributed by atoms with Gasteiger partial charge in [-0.3, -0.25) is 9.11 Å². The molecule has 0 radical (unpaired) electrons. The fraction of sp³-hybridized carbons (Fsp3) is 0.909. The van der Waals surface area contributed by atoms with Gasteiger partial charge in [0.15, 0.2) is 0 Å². The highest BCUT2D eigenvalue weighted by atomic mass is 32.2. The Morgan fingerprint density at radius 3 is 1.57 bits per heavy atom. The molecule has 0 aromatic rings. The monoisotopic (exact) mass is 376 g/mol. The molecule has 0 aromatic carbocycles. The molecule has 3 N–H and O–H groups in total. The summed E-state index contributed by atoms with van der Waals surface area (Å²) in [7, 11) is -2.82. The molecular weight excluding hydrogens is 352 g/mol. The lowest BCUT2D eigenvalue weighted by atomic mass is 10.0. The van der Waals surface area contributed by atoms with Gasteiger partial charge in [-0.2, -0.15) is 16.8 Å². The molecule has 2 atom stereocenters. The van der Waals surface area contributed by atoms with Crippen LogP contribution in [0.2, 0.25) is 0 Å². The van der Waals surface area contributed by atoms with E-state index >= 15 is 0 Å². The number of carbonyl (C=O) groups excluding carboxylic acids is 1. The van der Waals surface area contributed by atoms with Crippen LogP contribution in [0.1, 0.15) is 0 Å². The van der Waals surface area contributed by atoms with E-state index in [4.69, 9.17) is 9.11 Å². The van der Waals surface area contributed by atoms with Crippen molar-refractivity contribution in [3.63, 3.8) is 0 Å². The van der Waals surface area contributed by atoms with Gasteiger partial charge in [0.25, 0.3) is 20.2 Å². The maximum absolute atomic E-state index is 10.6. The van der Waals surface area contributed by atoms with E-state index in [0.717, 1.165) is 0 Å². The Labute approximate surface area is 136 Å². The summed E-state index contributed by atoms with van der Waals surface area (Å²) >= 11 is 0. The fourth-order valence-electron chi connectivity index (χ4n) is 2.11. The Kier molecular flexibility index (Phi) is 8.06. The predicted molar refractivity (Wildman–Crippen MR) is 80.6 cm³/mol. The quantitative estimate of drug-likeness (QED) is 0.325. The van der Waals surface area contributed by atoms with E-state index in [2.05, 4.69) is 5.32 Å². The molecule has 1 heterocycles. The molecule has 2 unspecified atom stereocenters. The summed E-state index contributed by atoms with van der Waals surface area (Å²) in [6, 6.07) is 0. The number of quaternary nitrogens is 1. The lowest BCUT2D eigenvalue weighted by Crippen LogP contribution is -2.45. The van der Waals surface area contributed by atoms with E-state index in [0.29, 0.717) is 17.6 Å². The Hall–Kier alpha value is -0.790. The van der Waals surface area contributed by atoms with Crippen molar-refractivity contribution in [3.8, 4) is 0 Å². The van der Waals surface area contributed by atoms with Gasteiger partial charge in [0.05, 0.1) is 38.6 Å². The number of rotatable bonds is 6. The van der Waals surface area contributed by atoms with Gasteiger partial charge in [0.2, 0.25) is 0 Å². The minimum Gasteiger partial charge on any atom is -0.544 e. The van der Waals surface area contributed by atoms with Crippen LogP contribution in [-0.2, 0) is 25.0 Å². The third-order valence-corrected chi connectivity index (χ3v) is 4.63. The summed E-state index contributed by atoms with van der Waals surface area (Å²) in [6.07, 6.45) is 0. The van der Waals surface area contributed by atoms with Crippen molar-refractivity contribution in [3.05, 3.63) is 0 Å². The predicted octanol–water partition coefficient (Wildman–Crippen LogP) is -2.96. The molecule has 23 heavy (non-hydrogen) atoms. The van der Waals surface area contributed by atoms with Crippen LogP contribution in [0.3, 0.4) is 0 Å². The second-order valence-corrected chi connectivity index (χ2v) is 9.49. The molecule has 0 spiro atoms. The highest BCUT2D eigenvalue weighted by Gasteiger charge is 2.33. The van der Waals surface area contributed by atoms with Crippen molar-refractivity contribution in [2.45, 2.75) is 0 Å². The lowest BCUT2D eigenvalue weighted by Gasteiger charge is -2.23. The molecule has 1 rings (SSSR count). The Balaban J connectivity index is 0.000000515. The average Bonchev–Trinajstić information content (AvgIpc) is 2.56. The van der Waals surface area contributed by atoms with Gasteiger partial charge in [-0.1, -0.05) is 0 Å². The van der Waals surface area contributed by atoms with E-state index in [1.54, 1.807) is 21.1 Å². The van der Waals surface area contributed by atoms with Crippen molar-refractivity contribution in [1.82, 2.24) is 5.32 Å². The van der Waals surface area contributed by atoms with Crippen LogP contribution in [0.25, 0.3) is 0 Å². The van der Waals surface area contributed by atoms with Crippen molar-refractivity contribution >= 4 is 26.2 Å². The van der Waals surface area contributed by atoms with Crippen molar-refractivity contribution < 1.29 is 40.3 Å². The Morgan fingerprint density at radius 1 is 1.04 bits per heavy atom. The number of likely N-dealkylation sites (N-methyl/N-ethyl adjacent to an activating group) is 1. The summed E-state index contributed by atoms with van der Waals surface area (Å²) in [4.78, 5) is 9.89. The number of carbonyl (C=O) groups is 1. The molecule has 0 bridgehead atoms. The van der Waals surface area contributed by atoms with Crippen LogP contribution in [0, 0.1) is 11.8 Å². The van der Waals surface area contributed by atoms with Crippen LogP contribution in [-0.4, -0.2) is 88.7 Å². The van der Waals surface area contributed by atoms with Crippen LogP contribution >= 0.6 is 0 Å². The minimum absolute atomic E-state index is 0.0694. The number of aliphatic carboxylic acids is 1. The molecule has 1 fully saturated rings. The molecule has 0 aromatic heterocycles. The fourth-order valence-corrected chi connectivity index (χ4v) is 3.97. The second kappa shape index (κ2) is 8.35. The lowest BCUT2D eigenvalue weighted by molar-refractivity contribution is -0.864. The van der Waals surface area contributed by atoms with Gasteiger partial charge in [-0.05, 0) is 24.9 Å². The van der Waals surface area contributed by atoms with E-state index in [-0.39, 0.29) is 6.54 Å². The van der Waals surface area contributed by atoms with Gasteiger partial charge < -0.3 is 19.7 Å². The molecule has 1 aliphatic heterocycles. The van der Waals surface area contributed by atoms with E-state index < -0.39 is 49.5 Å². The number of carboxylic acids is 1. The van der Waals surface area contributed by atoms with Gasteiger partial charge in [0, 0.05) is 0 Å². The number of nitrogens with zero attached hydrogens (tertiary/aromatic N) is 1. The molecule has 0 amide bonds. The molecule has 12 heteroatoms.